The maximum absolute atomic E-state index is 12.1. The minimum absolute atomic E-state index is 0.0398. The first kappa shape index (κ1) is 15.5. The van der Waals surface area contributed by atoms with E-state index >= 15 is 0 Å². The van der Waals surface area contributed by atoms with Gasteiger partial charge in [-0.2, -0.15) is 0 Å². The van der Waals surface area contributed by atoms with Gasteiger partial charge < -0.3 is 16.2 Å². The highest BCUT2D eigenvalue weighted by Crippen LogP contribution is 2.22. The molecule has 0 spiro atoms. The smallest absolute Gasteiger partial charge is 0.237 e. The number of phenolic OH excluding ortho intramolecular Hbond substituents is 1. The van der Waals surface area contributed by atoms with Gasteiger partial charge in [0.1, 0.15) is 5.75 Å². The van der Waals surface area contributed by atoms with Gasteiger partial charge >= 0.3 is 0 Å². The van der Waals surface area contributed by atoms with Crippen molar-refractivity contribution in [1.29, 1.82) is 0 Å². The Labute approximate surface area is 128 Å². The average Bonchev–Trinajstić information content (AvgIpc) is 2.88. The van der Waals surface area contributed by atoms with E-state index in [2.05, 4.69) is 5.32 Å². The van der Waals surface area contributed by atoms with Crippen molar-refractivity contribution in [2.24, 2.45) is 5.73 Å². The van der Waals surface area contributed by atoms with Crippen LogP contribution in [0, 0.1) is 6.92 Å². The second-order valence-electron chi connectivity index (χ2n) is 5.16. The van der Waals surface area contributed by atoms with E-state index in [9.17, 15) is 9.90 Å². The van der Waals surface area contributed by atoms with Crippen molar-refractivity contribution < 1.29 is 9.90 Å². The van der Waals surface area contributed by atoms with Gasteiger partial charge in [-0.05, 0) is 50.1 Å². The highest BCUT2D eigenvalue weighted by atomic mass is 32.1. The predicted octanol–water partition coefficient (Wildman–Crippen LogP) is 2.51. The number of aromatic hydroxyl groups is 1. The molecule has 4 nitrogen and oxygen atoms in total. The fraction of sp³-hybridized carbons (Fsp3) is 0.312. The molecule has 0 saturated heterocycles. The standard InChI is InChI=1S/C16H20N2O2S/c1-10-3-8-15(21-10)11(2)18-16(20)14(17)9-12-4-6-13(19)7-5-12/h3-8,11,14,19H,9,17H2,1-2H3,(H,18,20)/t11?,14-/m1/s1. The Balaban J connectivity index is 1.91. The molecule has 0 bridgehead atoms. The maximum Gasteiger partial charge on any atom is 0.237 e. The lowest BCUT2D eigenvalue weighted by molar-refractivity contribution is -0.122. The molecule has 21 heavy (non-hydrogen) atoms. The van der Waals surface area contributed by atoms with Gasteiger partial charge in [0.25, 0.3) is 0 Å². The average molecular weight is 304 g/mol. The van der Waals surface area contributed by atoms with Gasteiger partial charge in [0, 0.05) is 9.75 Å². The van der Waals surface area contributed by atoms with Crippen LogP contribution in [0.25, 0.3) is 0 Å². The summed E-state index contributed by atoms with van der Waals surface area (Å²) in [6.07, 6.45) is 0.447. The van der Waals surface area contributed by atoms with E-state index in [1.807, 2.05) is 26.0 Å². The first-order chi connectivity index (χ1) is 9.95. The third-order valence-corrected chi connectivity index (χ3v) is 4.46. The lowest BCUT2D eigenvalue weighted by Crippen LogP contribution is -2.42. The van der Waals surface area contributed by atoms with Crippen molar-refractivity contribution in [3.05, 3.63) is 51.7 Å². The Hall–Kier alpha value is -1.85. The van der Waals surface area contributed by atoms with Crippen LogP contribution in [0.1, 0.15) is 28.3 Å². The van der Waals surface area contributed by atoms with Crippen LogP contribution in [0.2, 0.25) is 0 Å². The number of nitrogens with one attached hydrogen (secondary N) is 1. The molecule has 5 heteroatoms. The summed E-state index contributed by atoms with van der Waals surface area (Å²) in [6, 6.07) is 10.2. The van der Waals surface area contributed by atoms with Gasteiger partial charge in [0.2, 0.25) is 5.91 Å². The predicted molar refractivity (Wildman–Crippen MR) is 85.4 cm³/mol. The molecule has 1 heterocycles. The summed E-state index contributed by atoms with van der Waals surface area (Å²) in [7, 11) is 0. The number of carbonyl (C=O) groups is 1. The molecule has 0 fully saturated rings. The van der Waals surface area contributed by atoms with Crippen LogP contribution in [0.15, 0.2) is 36.4 Å². The first-order valence-corrected chi connectivity index (χ1v) is 7.67. The van der Waals surface area contributed by atoms with E-state index in [4.69, 9.17) is 5.73 Å². The van der Waals surface area contributed by atoms with Crippen LogP contribution >= 0.6 is 11.3 Å². The molecule has 1 aromatic heterocycles. The molecular weight excluding hydrogens is 284 g/mol. The van der Waals surface area contributed by atoms with Crippen LogP contribution in [-0.4, -0.2) is 17.1 Å². The van der Waals surface area contributed by atoms with Gasteiger partial charge in [-0.3, -0.25) is 4.79 Å². The van der Waals surface area contributed by atoms with Crippen LogP contribution in [-0.2, 0) is 11.2 Å². The highest BCUT2D eigenvalue weighted by molar-refractivity contribution is 7.12. The zero-order valence-corrected chi connectivity index (χ0v) is 13.0. The molecule has 2 aromatic rings. The fourth-order valence-electron chi connectivity index (χ4n) is 2.06. The third-order valence-electron chi connectivity index (χ3n) is 3.28. The van der Waals surface area contributed by atoms with E-state index in [-0.39, 0.29) is 17.7 Å². The number of benzene rings is 1. The quantitative estimate of drug-likeness (QED) is 0.794. The van der Waals surface area contributed by atoms with E-state index in [1.54, 1.807) is 35.6 Å². The first-order valence-electron chi connectivity index (χ1n) is 6.86. The monoisotopic (exact) mass is 304 g/mol. The van der Waals surface area contributed by atoms with E-state index in [0.717, 1.165) is 10.4 Å². The molecule has 2 rings (SSSR count). The van der Waals surface area contributed by atoms with E-state index in [1.165, 1.54) is 4.88 Å². The van der Waals surface area contributed by atoms with Gasteiger partial charge in [-0.15, -0.1) is 11.3 Å². The molecule has 0 radical (unpaired) electrons. The van der Waals surface area contributed by atoms with Crippen molar-refractivity contribution in [2.45, 2.75) is 32.4 Å². The molecule has 2 atom stereocenters. The second-order valence-corrected chi connectivity index (χ2v) is 6.48. The van der Waals surface area contributed by atoms with E-state index < -0.39 is 6.04 Å². The van der Waals surface area contributed by atoms with Crippen molar-refractivity contribution in [3.63, 3.8) is 0 Å². The Kier molecular flexibility index (Phi) is 4.98. The van der Waals surface area contributed by atoms with Gasteiger partial charge in [0.15, 0.2) is 0 Å². The zero-order valence-electron chi connectivity index (χ0n) is 12.2. The Morgan fingerprint density at radius 2 is 1.95 bits per heavy atom. The van der Waals surface area contributed by atoms with Crippen LogP contribution < -0.4 is 11.1 Å². The number of carbonyl (C=O) groups excluding carboxylic acids is 1. The lowest BCUT2D eigenvalue weighted by Gasteiger charge is -2.16. The Bertz CT molecular complexity index is 607. The van der Waals surface area contributed by atoms with Crippen molar-refractivity contribution in [3.8, 4) is 5.75 Å². The Morgan fingerprint density at radius 3 is 2.52 bits per heavy atom. The molecule has 0 aliphatic rings. The number of rotatable bonds is 5. The molecule has 4 N–H and O–H groups in total. The number of phenols is 1. The van der Waals surface area contributed by atoms with Gasteiger partial charge in [-0.25, -0.2) is 0 Å². The highest BCUT2D eigenvalue weighted by Gasteiger charge is 2.17. The minimum Gasteiger partial charge on any atom is -0.508 e. The number of nitrogens with two attached hydrogens (primary N) is 1. The molecule has 1 amide bonds. The second kappa shape index (κ2) is 6.74. The van der Waals surface area contributed by atoms with Gasteiger partial charge in [-0.1, -0.05) is 12.1 Å². The molecule has 0 aliphatic heterocycles. The van der Waals surface area contributed by atoms with Crippen LogP contribution in [0.3, 0.4) is 0 Å². The summed E-state index contributed by atoms with van der Waals surface area (Å²) in [4.78, 5) is 14.5. The van der Waals surface area contributed by atoms with Crippen LogP contribution in [0.4, 0.5) is 0 Å². The largest absolute Gasteiger partial charge is 0.508 e. The van der Waals surface area contributed by atoms with Crippen molar-refractivity contribution >= 4 is 17.2 Å². The van der Waals surface area contributed by atoms with Crippen molar-refractivity contribution in [1.82, 2.24) is 5.32 Å². The lowest BCUT2D eigenvalue weighted by atomic mass is 10.1. The van der Waals surface area contributed by atoms with E-state index in [0.29, 0.717) is 6.42 Å². The topological polar surface area (TPSA) is 75.4 Å². The number of hydrogen-bond acceptors (Lipinski definition) is 4. The number of thiophene rings is 1. The summed E-state index contributed by atoms with van der Waals surface area (Å²) in [5.74, 6) is 0.0417. The summed E-state index contributed by atoms with van der Waals surface area (Å²) < 4.78 is 0. The third kappa shape index (κ3) is 4.31. The minimum atomic E-state index is -0.599. The van der Waals surface area contributed by atoms with Crippen molar-refractivity contribution in [2.75, 3.05) is 0 Å². The number of hydrogen-bond donors (Lipinski definition) is 3. The molecule has 1 aromatic carbocycles. The van der Waals surface area contributed by atoms with Gasteiger partial charge in [0.05, 0.1) is 12.1 Å². The Morgan fingerprint density at radius 1 is 1.29 bits per heavy atom. The molecule has 1 unspecified atom stereocenters. The molecular formula is C16H20N2O2S. The maximum atomic E-state index is 12.1. The summed E-state index contributed by atoms with van der Waals surface area (Å²) in [6.45, 7) is 4.00. The molecule has 0 saturated carbocycles. The van der Waals surface area contributed by atoms with Crippen LogP contribution in [0.5, 0.6) is 5.75 Å². The zero-order chi connectivity index (χ0) is 15.4. The molecule has 0 aliphatic carbocycles. The molecule has 112 valence electrons. The fourth-order valence-corrected chi connectivity index (χ4v) is 2.94. The summed E-state index contributed by atoms with van der Waals surface area (Å²) in [5.41, 5.74) is 6.87. The number of aryl methyl sites for hydroxylation is 1. The summed E-state index contributed by atoms with van der Waals surface area (Å²) in [5, 5.41) is 12.2. The summed E-state index contributed by atoms with van der Waals surface area (Å²) >= 11 is 1.67. The SMILES string of the molecule is Cc1ccc(C(C)NC(=O)[C@H](N)Cc2ccc(O)cc2)s1. The normalized spacial score (nSPS) is 13.7. The number of amides is 1.